The van der Waals surface area contributed by atoms with Gasteiger partial charge in [-0.15, -0.1) is 0 Å². The Balaban J connectivity index is 1.35. The molecule has 5 heterocycles. The first-order chi connectivity index (χ1) is 14.0. The van der Waals surface area contributed by atoms with Crippen molar-refractivity contribution in [1.29, 1.82) is 0 Å². The van der Waals surface area contributed by atoms with E-state index in [4.69, 9.17) is 0 Å². The number of piperidine rings is 1. The van der Waals surface area contributed by atoms with Gasteiger partial charge in [0.25, 0.3) is 11.5 Å². The average Bonchev–Trinajstić information content (AvgIpc) is 3.36. The SMILES string of the molecule is Cc1nc2cc(C3CCN(C(=O)c4cnn5cccnc45)CC3)[nH]n2c(=O)c1C. The van der Waals surface area contributed by atoms with Gasteiger partial charge in [0.1, 0.15) is 5.56 Å². The van der Waals surface area contributed by atoms with Crippen LogP contribution < -0.4 is 5.56 Å². The van der Waals surface area contributed by atoms with Crippen molar-refractivity contribution in [1.82, 2.24) is 34.1 Å². The molecule has 0 unspecified atom stereocenters. The van der Waals surface area contributed by atoms with Crippen LogP contribution in [0.3, 0.4) is 0 Å². The van der Waals surface area contributed by atoms with E-state index in [0.717, 1.165) is 24.2 Å². The number of aromatic amines is 1. The number of carbonyl (C=O) groups excluding carboxylic acids is 1. The van der Waals surface area contributed by atoms with Gasteiger partial charge in [-0.05, 0) is 32.8 Å². The van der Waals surface area contributed by atoms with Crippen LogP contribution >= 0.6 is 0 Å². The maximum Gasteiger partial charge on any atom is 0.275 e. The largest absolute Gasteiger partial charge is 0.338 e. The summed E-state index contributed by atoms with van der Waals surface area (Å²) in [5.41, 5.74) is 4.07. The summed E-state index contributed by atoms with van der Waals surface area (Å²) in [5.74, 6) is 0.209. The minimum Gasteiger partial charge on any atom is -0.338 e. The lowest BCUT2D eigenvalue weighted by Gasteiger charge is -2.31. The first-order valence-electron chi connectivity index (χ1n) is 9.69. The zero-order valence-electron chi connectivity index (χ0n) is 16.3. The van der Waals surface area contributed by atoms with Crippen molar-refractivity contribution >= 4 is 17.2 Å². The molecular formula is C20H21N7O2. The molecule has 5 rings (SSSR count). The maximum absolute atomic E-state index is 12.9. The second-order valence-electron chi connectivity index (χ2n) is 7.55. The molecule has 0 saturated carbocycles. The fourth-order valence-electron chi connectivity index (χ4n) is 3.99. The number of rotatable bonds is 2. The summed E-state index contributed by atoms with van der Waals surface area (Å²) in [6.07, 6.45) is 6.66. The van der Waals surface area contributed by atoms with E-state index in [1.54, 1.807) is 36.1 Å². The molecule has 9 heteroatoms. The van der Waals surface area contributed by atoms with Crippen molar-refractivity contribution in [3.05, 3.63) is 63.6 Å². The van der Waals surface area contributed by atoms with Gasteiger partial charge in [0.2, 0.25) is 0 Å². The van der Waals surface area contributed by atoms with E-state index in [0.29, 0.717) is 35.5 Å². The molecular weight excluding hydrogens is 370 g/mol. The Hall–Kier alpha value is -3.49. The van der Waals surface area contributed by atoms with Crippen LogP contribution in [0.2, 0.25) is 0 Å². The molecule has 29 heavy (non-hydrogen) atoms. The molecule has 0 atom stereocenters. The highest BCUT2D eigenvalue weighted by Crippen LogP contribution is 2.28. The van der Waals surface area contributed by atoms with Crippen molar-refractivity contribution in [3.63, 3.8) is 0 Å². The summed E-state index contributed by atoms with van der Waals surface area (Å²) in [5, 5.41) is 7.42. The molecule has 4 aromatic rings. The maximum atomic E-state index is 12.9. The van der Waals surface area contributed by atoms with Gasteiger partial charge in [-0.2, -0.15) is 5.10 Å². The van der Waals surface area contributed by atoms with Crippen molar-refractivity contribution in [2.45, 2.75) is 32.6 Å². The smallest absolute Gasteiger partial charge is 0.275 e. The first-order valence-corrected chi connectivity index (χ1v) is 9.69. The number of hydrogen-bond donors (Lipinski definition) is 1. The van der Waals surface area contributed by atoms with E-state index < -0.39 is 0 Å². The van der Waals surface area contributed by atoms with Crippen LogP contribution in [0, 0.1) is 13.8 Å². The summed E-state index contributed by atoms with van der Waals surface area (Å²) in [6.45, 7) is 4.92. The summed E-state index contributed by atoms with van der Waals surface area (Å²) < 4.78 is 3.12. The Morgan fingerprint density at radius 3 is 2.83 bits per heavy atom. The van der Waals surface area contributed by atoms with Gasteiger partial charge in [-0.25, -0.2) is 19.0 Å². The molecule has 0 spiro atoms. The molecule has 1 aliphatic heterocycles. The van der Waals surface area contributed by atoms with Crippen molar-refractivity contribution in [2.24, 2.45) is 0 Å². The molecule has 0 aliphatic carbocycles. The Labute approximate surface area is 166 Å². The zero-order chi connectivity index (χ0) is 20.1. The van der Waals surface area contributed by atoms with Crippen LogP contribution in [0.25, 0.3) is 11.3 Å². The number of aryl methyl sites for hydroxylation is 1. The number of hydrogen-bond acceptors (Lipinski definition) is 5. The predicted octanol–water partition coefficient (Wildman–Crippen LogP) is 1.70. The van der Waals surface area contributed by atoms with Gasteiger partial charge >= 0.3 is 0 Å². The van der Waals surface area contributed by atoms with E-state index in [2.05, 4.69) is 20.2 Å². The Bertz CT molecular complexity index is 1290. The average molecular weight is 391 g/mol. The summed E-state index contributed by atoms with van der Waals surface area (Å²) >= 11 is 0. The quantitative estimate of drug-likeness (QED) is 0.561. The number of aromatic nitrogens is 6. The summed E-state index contributed by atoms with van der Waals surface area (Å²) in [6, 6.07) is 3.73. The first kappa shape index (κ1) is 17.6. The van der Waals surface area contributed by atoms with Crippen LogP contribution in [0.4, 0.5) is 0 Å². The molecule has 0 bridgehead atoms. The lowest BCUT2D eigenvalue weighted by Crippen LogP contribution is -2.38. The number of likely N-dealkylation sites (tertiary alicyclic amines) is 1. The molecule has 1 fully saturated rings. The minimum atomic E-state index is -0.0630. The van der Waals surface area contributed by atoms with E-state index in [9.17, 15) is 9.59 Å². The van der Waals surface area contributed by atoms with E-state index >= 15 is 0 Å². The van der Waals surface area contributed by atoms with E-state index in [1.165, 1.54) is 4.52 Å². The molecule has 0 radical (unpaired) electrons. The van der Waals surface area contributed by atoms with Gasteiger partial charge in [0.05, 0.1) is 6.20 Å². The van der Waals surface area contributed by atoms with Gasteiger partial charge in [0, 0.05) is 54.4 Å². The van der Waals surface area contributed by atoms with Crippen LogP contribution in [0.1, 0.15) is 46.1 Å². The topological polar surface area (TPSA) is 101 Å². The highest BCUT2D eigenvalue weighted by Gasteiger charge is 2.27. The Kier molecular flexibility index (Phi) is 3.97. The predicted molar refractivity (Wildman–Crippen MR) is 106 cm³/mol. The van der Waals surface area contributed by atoms with Crippen LogP contribution in [0.15, 0.2) is 35.5 Å². The van der Waals surface area contributed by atoms with E-state index in [1.807, 2.05) is 17.9 Å². The van der Waals surface area contributed by atoms with Crippen LogP contribution in [-0.4, -0.2) is 53.1 Å². The lowest BCUT2D eigenvalue weighted by molar-refractivity contribution is 0.0713. The second-order valence-corrected chi connectivity index (χ2v) is 7.55. The van der Waals surface area contributed by atoms with Gasteiger partial charge < -0.3 is 4.90 Å². The second kappa shape index (κ2) is 6.54. The lowest BCUT2D eigenvalue weighted by atomic mass is 9.93. The number of nitrogens with one attached hydrogen (secondary N) is 1. The molecule has 4 aromatic heterocycles. The van der Waals surface area contributed by atoms with Crippen LogP contribution in [0.5, 0.6) is 0 Å². The number of nitrogens with zero attached hydrogens (tertiary/aromatic N) is 6. The van der Waals surface area contributed by atoms with E-state index in [-0.39, 0.29) is 17.4 Å². The van der Waals surface area contributed by atoms with Crippen molar-refractivity contribution in [3.8, 4) is 0 Å². The summed E-state index contributed by atoms with van der Waals surface area (Å²) in [4.78, 5) is 36.0. The fourth-order valence-corrected chi connectivity index (χ4v) is 3.99. The van der Waals surface area contributed by atoms with Gasteiger partial charge in [0.15, 0.2) is 11.3 Å². The van der Waals surface area contributed by atoms with Crippen molar-refractivity contribution < 1.29 is 4.79 Å². The normalized spacial score (nSPS) is 15.4. The number of fused-ring (bicyclic) bond motifs is 2. The third kappa shape index (κ3) is 2.81. The molecule has 148 valence electrons. The molecule has 0 aromatic carbocycles. The third-order valence-electron chi connectivity index (χ3n) is 5.84. The van der Waals surface area contributed by atoms with Gasteiger partial charge in [-0.3, -0.25) is 14.7 Å². The number of H-pyrrole nitrogens is 1. The molecule has 1 amide bonds. The molecule has 1 aliphatic rings. The number of amides is 1. The molecule has 1 N–H and O–H groups in total. The zero-order valence-corrected chi connectivity index (χ0v) is 16.3. The highest BCUT2D eigenvalue weighted by molar-refractivity contribution is 5.99. The molecule has 9 nitrogen and oxygen atoms in total. The van der Waals surface area contributed by atoms with Gasteiger partial charge in [-0.1, -0.05) is 0 Å². The Morgan fingerprint density at radius 2 is 2.03 bits per heavy atom. The van der Waals surface area contributed by atoms with Crippen molar-refractivity contribution in [2.75, 3.05) is 13.1 Å². The molecule has 1 saturated heterocycles. The third-order valence-corrected chi connectivity index (χ3v) is 5.84. The monoisotopic (exact) mass is 391 g/mol. The highest BCUT2D eigenvalue weighted by atomic mass is 16.2. The van der Waals surface area contributed by atoms with Crippen LogP contribution in [-0.2, 0) is 0 Å². The Morgan fingerprint density at radius 1 is 1.24 bits per heavy atom. The summed E-state index contributed by atoms with van der Waals surface area (Å²) in [7, 11) is 0. The standard InChI is InChI=1S/C20H21N7O2/c1-12-13(2)23-17-10-16(24-27(17)19(12)28)14-4-8-25(9-5-14)20(29)15-11-22-26-7-3-6-21-18(15)26/h3,6-7,10-11,14,24H,4-5,8-9H2,1-2H3. The fraction of sp³-hybridized carbons (Fsp3) is 0.350. The minimum absolute atomic E-state index is 0.0436. The number of carbonyl (C=O) groups is 1.